The Morgan fingerprint density at radius 2 is 1.55 bits per heavy atom. The molecule has 1 aliphatic rings. The Bertz CT molecular complexity index is 1400. The summed E-state index contributed by atoms with van der Waals surface area (Å²) < 4.78 is 0. The summed E-state index contributed by atoms with van der Waals surface area (Å²) in [6.07, 6.45) is 2.00. The Kier molecular flexibility index (Phi) is 4.78. The van der Waals surface area contributed by atoms with E-state index in [1.165, 1.54) is 49.3 Å². The lowest BCUT2D eigenvalue weighted by atomic mass is 9.78. The zero-order valence-corrected chi connectivity index (χ0v) is 22.3. The number of hydrogen-bond acceptors (Lipinski definition) is 1. The maximum atomic E-state index is 5.01. The molecule has 33 heavy (non-hydrogen) atoms. The summed E-state index contributed by atoms with van der Waals surface area (Å²) in [7, 11) is -1.39. The Balaban J connectivity index is 1.78. The quantitative estimate of drug-likeness (QED) is 0.282. The molecule has 0 N–H and O–H groups in total. The molecule has 2 heteroatoms. The highest BCUT2D eigenvalue weighted by Crippen LogP contribution is 2.51. The van der Waals surface area contributed by atoms with Crippen molar-refractivity contribution in [3.8, 4) is 22.4 Å². The monoisotopic (exact) mass is 449 g/mol. The second-order valence-electron chi connectivity index (χ2n) is 12.2. The van der Waals surface area contributed by atoms with Gasteiger partial charge in [-0.3, -0.25) is 4.98 Å². The van der Waals surface area contributed by atoms with Gasteiger partial charge in [-0.25, -0.2) is 0 Å². The molecular formula is C31H35NSi. The van der Waals surface area contributed by atoms with E-state index in [1.807, 2.05) is 6.20 Å². The molecule has 0 radical (unpaired) electrons. The lowest BCUT2D eigenvalue weighted by Gasteiger charge is -2.27. The van der Waals surface area contributed by atoms with E-state index in [4.69, 9.17) is 4.98 Å². The van der Waals surface area contributed by atoms with Gasteiger partial charge in [0.1, 0.15) is 0 Å². The van der Waals surface area contributed by atoms with Gasteiger partial charge >= 0.3 is 0 Å². The fourth-order valence-corrected chi connectivity index (χ4v) is 6.66. The van der Waals surface area contributed by atoms with Crippen LogP contribution in [0.15, 0.2) is 66.9 Å². The van der Waals surface area contributed by atoms with Crippen molar-refractivity contribution in [2.75, 3.05) is 0 Å². The molecule has 4 aromatic rings. The molecule has 0 saturated carbocycles. The van der Waals surface area contributed by atoms with Gasteiger partial charge in [0.2, 0.25) is 0 Å². The standard InChI is InChI=1S/C31H35NSi/c1-30(2,3)26-18-21(17-20-11-9-10-12-23(20)26)29-28-25(15-16-32-29)24-14-13-22(33(6,7)8)19-27(24)31(28,4)5/h9-19H,1-8H3. The molecule has 0 atom stereocenters. The maximum absolute atomic E-state index is 5.01. The van der Waals surface area contributed by atoms with Crippen LogP contribution in [0.4, 0.5) is 0 Å². The third kappa shape index (κ3) is 3.47. The number of rotatable bonds is 2. The molecule has 1 nitrogen and oxygen atoms in total. The second-order valence-corrected chi connectivity index (χ2v) is 17.3. The van der Waals surface area contributed by atoms with E-state index in [0.717, 1.165) is 5.69 Å². The first-order valence-corrected chi connectivity index (χ1v) is 15.6. The van der Waals surface area contributed by atoms with Crippen LogP contribution in [-0.2, 0) is 10.8 Å². The molecule has 1 aliphatic carbocycles. The maximum Gasteiger partial charge on any atom is 0.0776 e. The first-order valence-electron chi connectivity index (χ1n) is 12.1. The highest BCUT2D eigenvalue weighted by atomic mass is 28.3. The number of benzene rings is 3. The van der Waals surface area contributed by atoms with E-state index in [9.17, 15) is 0 Å². The van der Waals surface area contributed by atoms with E-state index < -0.39 is 8.07 Å². The summed E-state index contributed by atoms with van der Waals surface area (Å²) in [6, 6.07) is 22.9. The van der Waals surface area contributed by atoms with Crippen molar-refractivity contribution in [1.29, 1.82) is 0 Å². The van der Waals surface area contributed by atoms with Gasteiger partial charge in [-0.2, -0.15) is 0 Å². The van der Waals surface area contributed by atoms with Crippen LogP contribution >= 0.6 is 0 Å². The highest BCUT2D eigenvalue weighted by molar-refractivity contribution is 6.88. The predicted molar refractivity (Wildman–Crippen MR) is 146 cm³/mol. The Morgan fingerprint density at radius 1 is 0.818 bits per heavy atom. The molecule has 1 aromatic heterocycles. The van der Waals surface area contributed by atoms with Gasteiger partial charge in [-0.15, -0.1) is 0 Å². The molecule has 0 fully saturated rings. The number of hydrogen-bond donors (Lipinski definition) is 0. The highest BCUT2D eigenvalue weighted by Gasteiger charge is 2.39. The zero-order chi connectivity index (χ0) is 23.8. The van der Waals surface area contributed by atoms with Crippen molar-refractivity contribution in [3.05, 3.63) is 83.6 Å². The van der Waals surface area contributed by atoms with Crippen LogP contribution in [0.2, 0.25) is 19.6 Å². The van der Waals surface area contributed by atoms with Crippen LogP contribution in [0, 0.1) is 0 Å². The minimum Gasteiger partial charge on any atom is -0.256 e. The van der Waals surface area contributed by atoms with E-state index in [2.05, 4.69) is 115 Å². The average Bonchev–Trinajstić information content (AvgIpc) is 2.98. The van der Waals surface area contributed by atoms with Crippen molar-refractivity contribution in [2.45, 2.75) is 65.1 Å². The summed E-state index contributed by atoms with van der Waals surface area (Å²) in [5.74, 6) is 0. The van der Waals surface area contributed by atoms with E-state index in [0.29, 0.717) is 0 Å². The largest absolute Gasteiger partial charge is 0.256 e. The van der Waals surface area contributed by atoms with Crippen LogP contribution in [-0.4, -0.2) is 13.1 Å². The first kappa shape index (κ1) is 22.1. The van der Waals surface area contributed by atoms with Crippen LogP contribution in [0.1, 0.15) is 51.3 Å². The Labute approximate surface area is 199 Å². The lowest BCUT2D eigenvalue weighted by molar-refractivity contribution is 0.596. The van der Waals surface area contributed by atoms with E-state index >= 15 is 0 Å². The molecule has 0 spiro atoms. The third-order valence-electron chi connectivity index (χ3n) is 7.37. The summed E-state index contributed by atoms with van der Waals surface area (Å²) in [5, 5.41) is 4.15. The molecule has 3 aromatic carbocycles. The van der Waals surface area contributed by atoms with Gasteiger partial charge in [-0.05, 0) is 62.2 Å². The summed E-state index contributed by atoms with van der Waals surface area (Å²) >= 11 is 0. The molecule has 0 saturated heterocycles. The van der Waals surface area contributed by atoms with Crippen LogP contribution < -0.4 is 5.19 Å². The molecule has 0 bridgehead atoms. The van der Waals surface area contributed by atoms with Crippen LogP contribution in [0.25, 0.3) is 33.2 Å². The topological polar surface area (TPSA) is 12.9 Å². The minimum absolute atomic E-state index is 0.0539. The molecule has 0 aliphatic heterocycles. The number of fused-ring (bicyclic) bond motifs is 4. The van der Waals surface area contributed by atoms with Crippen LogP contribution in [0.5, 0.6) is 0 Å². The summed E-state index contributed by atoms with van der Waals surface area (Å²) in [6.45, 7) is 19.0. The summed E-state index contributed by atoms with van der Waals surface area (Å²) in [4.78, 5) is 5.01. The lowest BCUT2D eigenvalue weighted by Crippen LogP contribution is -2.38. The van der Waals surface area contributed by atoms with Crippen molar-refractivity contribution < 1.29 is 0 Å². The zero-order valence-electron chi connectivity index (χ0n) is 21.3. The van der Waals surface area contributed by atoms with Crippen molar-refractivity contribution in [1.82, 2.24) is 4.98 Å². The Morgan fingerprint density at radius 3 is 2.24 bits per heavy atom. The Hall–Kier alpha value is -2.71. The minimum atomic E-state index is -1.39. The number of pyridine rings is 1. The summed E-state index contributed by atoms with van der Waals surface area (Å²) in [5.41, 5.74) is 9.22. The van der Waals surface area contributed by atoms with Gasteiger partial charge < -0.3 is 0 Å². The smallest absolute Gasteiger partial charge is 0.0776 e. The van der Waals surface area contributed by atoms with Crippen LogP contribution in [0.3, 0.4) is 0 Å². The van der Waals surface area contributed by atoms with Gasteiger partial charge in [0.15, 0.2) is 0 Å². The molecule has 0 unspecified atom stereocenters. The van der Waals surface area contributed by atoms with Crippen molar-refractivity contribution >= 4 is 24.0 Å². The van der Waals surface area contributed by atoms with Gasteiger partial charge in [0.25, 0.3) is 0 Å². The third-order valence-corrected chi connectivity index (χ3v) is 9.41. The fraction of sp³-hybridized carbons (Fsp3) is 0.323. The van der Waals surface area contributed by atoms with E-state index in [-0.39, 0.29) is 10.8 Å². The van der Waals surface area contributed by atoms with Gasteiger partial charge in [0.05, 0.1) is 13.8 Å². The molecule has 168 valence electrons. The van der Waals surface area contributed by atoms with Gasteiger partial charge in [-0.1, -0.05) is 102 Å². The van der Waals surface area contributed by atoms with Gasteiger partial charge in [0, 0.05) is 17.2 Å². The predicted octanol–water partition coefficient (Wildman–Crippen LogP) is 8.05. The molecule has 5 rings (SSSR count). The molecular weight excluding hydrogens is 414 g/mol. The second kappa shape index (κ2) is 7.14. The van der Waals surface area contributed by atoms with Crippen molar-refractivity contribution in [2.24, 2.45) is 0 Å². The number of nitrogens with zero attached hydrogens (tertiary/aromatic N) is 1. The van der Waals surface area contributed by atoms with Crippen molar-refractivity contribution in [3.63, 3.8) is 0 Å². The normalized spacial score (nSPS) is 14.9. The molecule has 1 heterocycles. The number of aromatic nitrogens is 1. The fourth-order valence-electron chi connectivity index (χ4n) is 5.50. The van der Waals surface area contributed by atoms with E-state index in [1.54, 1.807) is 0 Å². The first-order chi connectivity index (χ1) is 15.4. The molecule has 0 amide bonds. The SMILES string of the molecule is CC(C)(C)c1cc(-c2nccc3c2C(C)(C)c2cc([Si](C)(C)C)ccc2-3)cc2ccccc12. The average molecular weight is 450 g/mol.